The van der Waals surface area contributed by atoms with Crippen molar-refractivity contribution in [1.82, 2.24) is 0 Å². The summed E-state index contributed by atoms with van der Waals surface area (Å²) in [4.78, 5) is 0. The summed E-state index contributed by atoms with van der Waals surface area (Å²) in [5.41, 5.74) is 2.61. The van der Waals surface area contributed by atoms with E-state index in [4.69, 9.17) is 18.1 Å². The molecule has 0 bridgehead atoms. The van der Waals surface area contributed by atoms with Crippen LogP contribution in [0.2, 0.25) is 0 Å². The van der Waals surface area contributed by atoms with Crippen molar-refractivity contribution in [2.45, 2.75) is 0 Å². The van der Waals surface area contributed by atoms with Crippen LogP contribution in [-0.4, -0.2) is 0 Å². The first-order chi connectivity index (χ1) is 31.5. The Balaban J connectivity index is 1.31. The molecule has 0 amide bonds. The van der Waals surface area contributed by atoms with Gasteiger partial charge in [-0.05, 0) is 112 Å². The molecule has 1 nitrogen and oxygen atoms in total. The summed E-state index contributed by atoms with van der Waals surface area (Å²) in [5, 5.41) is 3.64. The van der Waals surface area contributed by atoms with E-state index in [1.54, 1.807) is 6.07 Å². The minimum Gasteiger partial charge on any atom is -0.456 e. The van der Waals surface area contributed by atoms with Crippen LogP contribution < -0.4 is 0 Å². The zero-order valence-electron chi connectivity index (χ0n) is 41.6. The molecular weight excluding hydrogens is 617 g/mol. The van der Waals surface area contributed by atoms with Crippen LogP contribution in [0.15, 0.2) is 186 Å². The van der Waals surface area contributed by atoms with Gasteiger partial charge in [-0.2, -0.15) is 0 Å². The van der Waals surface area contributed by atoms with Gasteiger partial charge in [-0.1, -0.05) is 157 Å². The van der Waals surface area contributed by atoms with Crippen LogP contribution in [0.5, 0.6) is 0 Å². The number of benzene rings is 10. The molecule has 11 aromatic rings. The average Bonchev–Trinajstić information content (AvgIpc) is 3.71. The van der Waals surface area contributed by atoms with E-state index in [1.165, 1.54) is 0 Å². The summed E-state index contributed by atoms with van der Waals surface area (Å²) in [6.45, 7) is 0. The minimum atomic E-state index is -0.758. The van der Waals surface area contributed by atoms with Crippen LogP contribution >= 0.6 is 0 Å². The summed E-state index contributed by atoms with van der Waals surface area (Å²) in [5.74, 6) is 0. The number of hydrogen-bond donors (Lipinski definition) is 0. The highest BCUT2D eigenvalue weighted by Gasteiger charge is 2.19. The zero-order chi connectivity index (χ0) is 46.5. The van der Waals surface area contributed by atoms with Crippen LogP contribution in [0.1, 0.15) is 20.6 Å². The van der Waals surface area contributed by atoms with Crippen molar-refractivity contribution in [2.24, 2.45) is 0 Å². The van der Waals surface area contributed by atoms with Gasteiger partial charge in [-0.15, -0.1) is 0 Å². The Morgan fingerprint density at radius 2 is 0.961 bits per heavy atom. The van der Waals surface area contributed by atoms with E-state index in [0.29, 0.717) is 16.5 Å². The Bertz CT molecular complexity index is 3970. The molecule has 0 fully saturated rings. The number of fused-ring (bicyclic) bond motifs is 9. The fourth-order valence-electron chi connectivity index (χ4n) is 7.56. The van der Waals surface area contributed by atoms with Crippen LogP contribution in [-0.2, 0) is 0 Å². The van der Waals surface area contributed by atoms with Gasteiger partial charge in [0.1, 0.15) is 11.2 Å². The molecule has 11 rings (SSSR count). The van der Waals surface area contributed by atoms with E-state index in [9.17, 15) is 6.85 Å². The lowest BCUT2D eigenvalue weighted by Gasteiger charge is -2.19. The second-order valence-electron chi connectivity index (χ2n) is 12.5. The highest BCUT2D eigenvalue weighted by atomic mass is 16.3. The summed E-state index contributed by atoms with van der Waals surface area (Å²) in [7, 11) is 0. The predicted molar refractivity (Wildman–Crippen MR) is 218 cm³/mol. The first-order valence-electron chi connectivity index (χ1n) is 23.9. The Kier molecular flexibility index (Phi) is 3.70. The van der Waals surface area contributed by atoms with E-state index in [0.717, 1.165) is 43.6 Å². The van der Waals surface area contributed by atoms with E-state index in [-0.39, 0.29) is 32.7 Å². The van der Waals surface area contributed by atoms with Crippen LogP contribution in [0.3, 0.4) is 0 Å². The van der Waals surface area contributed by atoms with E-state index >= 15 is 0 Å². The number of furan rings is 1. The summed E-state index contributed by atoms with van der Waals surface area (Å²) in [6.07, 6.45) is 0. The second-order valence-corrected chi connectivity index (χ2v) is 12.5. The van der Waals surface area contributed by atoms with Crippen LogP contribution in [0.25, 0.3) is 109 Å². The topological polar surface area (TPSA) is 13.1 Å². The molecule has 0 N–H and O–H groups in total. The van der Waals surface area contributed by atoms with E-state index in [1.807, 2.05) is 72.8 Å². The van der Waals surface area contributed by atoms with Crippen molar-refractivity contribution in [3.05, 3.63) is 182 Å². The molecule has 0 aliphatic carbocycles. The van der Waals surface area contributed by atoms with Gasteiger partial charge in [0.2, 0.25) is 0 Å². The molecule has 1 heterocycles. The molecule has 0 aliphatic rings. The third kappa shape index (κ3) is 4.22. The highest BCUT2D eigenvalue weighted by Crippen LogP contribution is 2.46. The lowest BCUT2D eigenvalue weighted by Crippen LogP contribution is -1.92. The summed E-state index contributed by atoms with van der Waals surface area (Å²) in [6, 6.07) is 18.9. The Labute approximate surface area is 315 Å². The molecule has 1 heteroatoms. The van der Waals surface area contributed by atoms with Crippen molar-refractivity contribution in [3.63, 3.8) is 0 Å². The maximum absolute atomic E-state index is 9.50. The first-order valence-corrected chi connectivity index (χ1v) is 16.4. The molecule has 10 aromatic carbocycles. The molecule has 0 radical (unpaired) electrons. The van der Waals surface area contributed by atoms with Gasteiger partial charge in [-0.3, -0.25) is 0 Å². The van der Waals surface area contributed by atoms with Gasteiger partial charge in [-0.25, -0.2) is 0 Å². The van der Waals surface area contributed by atoms with Crippen LogP contribution in [0.4, 0.5) is 0 Å². The fourth-order valence-corrected chi connectivity index (χ4v) is 7.56. The van der Waals surface area contributed by atoms with Gasteiger partial charge in [0.15, 0.2) is 0 Å². The lowest BCUT2D eigenvalue weighted by atomic mass is 9.84. The average molecular weight is 662 g/mol. The Morgan fingerprint density at radius 1 is 0.353 bits per heavy atom. The maximum Gasteiger partial charge on any atom is 0.136 e. The lowest BCUT2D eigenvalue weighted by molar-refractivity contribution is 0.669. The Hall–Kier alpha value is -6.70. The summed E-state index contributed by atoms with van der Waals surface area (Å²) >= 11 is 0. The first kappa shape index (κ1) is 17.3. The molecular formula is C50H30O. The monoisotopic (exact) mass is 661 g/mol. The molecule has 0 saturated carbocycles. The van der Waals surface area contributed by atoms with Crippen molar-refractivity contribution >= 4 is 75.8 Å². The molecule has 1 aromatic heterocycles. The summed E-state index contributed by atoms with van der Waals surface area (Å²) < 4.78 is 142. The van der Waals surface area contributed by atoms with Gasteiger partial charge >= 0.3 is 0 Å². The van der Waals surface area contributed by atoms with Crippen molar-refractivity contribution < 1.29 is 25.0 Å². The minimum absolute atomic E-state index is 0.0307. The van der Waals surface area contributed by atoms with E-state index in [2.05, 4.69) is 12.1 Å². The zero-order valence-corrected chi connectivity index (χ0v) is 26.6. The third-order valence-electron chi connectivity index (χ3n) is 9.78. The highest BCUT2D eigenvalue weighted by molar-refractivity contribution is 6.24. The molecule has 0 aliphatic heterocycles. The van der Waals surface area contributed by atoms with Gasteiger partial charge in [0, 0.05) is 10.8 Å². The van der Waals surface area contributed by atoms with E-state index < -0.39 is 107 Å². The second kappa shape index (κ2) is 10.9. The maximum atomic E-state index is 9.50. The van der Waals surface area contributed by atoms with Gasteiger partial charge in [0.25, 0.3) is 0 Å². The predicted octanol–water partition coefficient (Wildman–Crippen LogP) is 14.4. The quantitative estimate of drug-likeness (QED) is 0.172. The molecule has 51 heavy (non-hydrogen) atoms. The number of hydrogen-bond acceptors (Lipinski definition) is 1. The normalized spacial score (nSPS) is 16.0. The molecule has 0 spiro atoms. The van der Waals surface area contributed by atoms with Crippen LogP contribution in [0, 0.1) is 0 Å². The molecule has 0 atom stereocenters. The van der Waals surface area contributed by atoms with Gasteiger partial charge in [0.05, 0.1) is 20.6 Å². The molecule has 0 saturated heterocycles. The smallest absolute Gasteiger partial charge is 0.136 e. The molecule has 236 valence electrons. The third-order valence-corrected chi connectivity index (χ3v) is 9.78. The largest absolute Gasteiger partial charge is 0.456 e. The van der Waals surface area contributed by atoms with Crippen molar-refractivity contribution in [3.8, 4) is 33.4 Å². The van der Waals surface area contributed by atoms with Crippen molar-refractivity contribution in [1.29, 1.82) is 0 Å². The number of rotatable bonds is 3. The molecule has 0 unspecified atom stereocenters. The Morgan fingerprint density at radius 3 is 1.78 bits per heavy atom. The SMILES string of the molecule is [2H]c1c([2H])c([2H])c2c(-c3c4c([2H])c([2H])c([2H])c([2H])c4c(-c4ccc5cccc(-c6ccc7oc8ccc9ccccc9c8c7c6)c5c4)c4c([2H])c([2H])c([2H])c([2H])c34)c([2H])c([2H])c([2H])c2c1[2H]. The van der Waals surface area contributed by atoms with Crippen molar-refractivity contribution in [2.75, 3.05) is 0 Å². The fraction of sp³-hybridized carbons (Fsp3) is 0. The van der Waals surface area contributed by atoms with Gasteiger partial charge < -0.3 is 4.42 Å². The standard InChI is InChI=1S/C50H30O/c1-3-15-36-31(11-1)13-10-22-39(36)49-42-19-7-5-17-40(42)48(41-18-6-8-20-43(41)49)35-24-23-33-14-9-21-37(44(33)30-35)34-26-27-46-45(29-34)50-38-16-4-2-12-32(38)25-28-47(50)51-46/h1-30H/i1D,3D,5D,6D,7D,8D,10D,11D,13D,15D,17D,18D,19D,20D,22D.